The highest BCUT2D eigenvalue weighted by Crippen LogP contribution is 2.13. The Morgan fingerprint density at radius 1 is 1.41 bits per heavy atom. The first-order valence-corrected chi connectivity index (χ1v) is 7.29. The lowest BCUT2D eigenvalue weighted by Gasteiger charge is -2.21. The Morgan fingerprint density at radius 3 is 2.91 bits per heavy atom. The fourth-order valence-corrected chi connectivity index (χ4v) is 2.65. The van der Waals surface area contributed by atoms with Gasteiger partial charge in [-0.1, -0.05) is 18.2 Å². The van der Waals surface area contributed by atoms with Crippen LogP contribution in [0.2, 0.25) is 0 Å². The molecular weight excluding hydrogens is 282 g/mol. The molecule has 1 aromatic carbocycles. The van der Waals surface area contributed by atoms with Crippen molar-refractivity contribution in [1.29, 1.82) is 5.26 Å². The molecule has 0 aliphatic carbocycles. The molecule has 1 heterocycles. The van der Waals surface area contributed by atoms with Gasteiger partial charge in [-0.25, -0.2) is 0 Å². The van der Waals surface area contributed by atoms with Crippen LogP contribution in [0.4, 0.5) is 0 Å². The molecular formula is C16H21N3O3. The highest BCUT2D eigenvalue weighted by Gasteiger charge is 2.24. The van der Waals surface area contributed by atoms with Crippen LogP contribution in [0.15, 0.2) is 24.3 Å². The molecule has 0 aromatic heterocycles. The molecule has 22 heavy (non-hydrogen) atoms. The van der Waals surface area contributed by atoms with Gasteiger partial charge in [0.2, 0.25) is 5.91 Å². The van der Waals surface area contributed by atoms with Crippen LogP contribution in [0.25, 0.3) is 0 Å². The second-order valence-corrected chi connectivity index (χ2v) is 5.43. The van der Waals surface area contributed by atoms with Crippen LogP contribution in [-0.4, -0.2) is 66.8 Å². The van der Waals surface area contributed by atoms with Crippen molar-refractivity contribution in [1.82, 2.24) is 9.80 Å². The summed E-state index contributed by atoms with van der Waals surface area (Å²) in [4.78, 5) is 15.6. The molecule has 0 spiro atoms. The van der Waals surface area contributed by atoms with Crippen molar-refractivity contribution in [2.24, 2.45) is 0 Å². The molecule has 1 atom stereocenters. The van der Waals surface area contributed by atoms with Crippen LogP contribution in [0, 0.1) is 11.3 Å². The van der Waals surface area contributed by atoms with E-state index in [0.717, 1.165) is 5.56 Å². The first-order chi connectivity index (χ1) is 10.6. The van der Waals surface area contributed by atoms with Crippen molar-refractivity contribution in [3.8, 4) is 6.07 Å². The molecule has 1 aliphatic rings. The number of nitrogens with zero attached hydrogens (tertiary/aromatic N) is 3. The number of hydrogen-bond donors (Lipinski definition) is 1. The van der Waals surface area contributed by atoms with E-state index >= 15 is 0 Å². The number of aliphatic hydroxyl groups is 1. The SMILES string of the molecule is COCC(=O)N1CCN(Cc2ccccc2C#N)C[C@@H](O)C1. The number of ether oxygens (including phenoxy) is 1. The minimum absolute atomic E-state index is 0.0317. The van der Waals surface area contributed by atoms with E-state index < -0.39 is 6.10 Å². The molecule has 0 unspecified atom stereocenters. The Hall–Kier alpha value is -1.94. The van der Waals surface area contributed by atoms with Gasteiger partial charge in [0.15, 0.2) is 0 Å². The minimum atomic E-state index is -0.599. The number of aliphatic hydroxyl groups excluding tert-OH is 1. The van der Waals surface area contributed by atoms with Gasteiger partial charge in [-0.15, -0.1) is 0 Å². The zero-order chi connectivity index (χ0) is 15.9. The molecule has 1 fully saturated rings. The van der Waals surface area contributed by atoms with Crippen LogP contribution in [-0.2, 0) is 16.1 Å². The van der Waals surface area contributed by atoms with Gasteiger partial charge in [-0.2, -0.15) is 5.26 Å². The van der Waals surface area contributed by atoms with E-state index in [1.807, 2.05) is 18.2 Å². The van der Waals surface area contributed by atoms with Crippen LogP contribution in [0.5, 0.6) is 0 Å². The summed E-state index contributed by atoms with van der Waals surface area (Å²) in [6.07, 6.45) is -0.599. The topological polar surface area (TPSA) is 76.8 Å². The lowest BCUT2D eigenvalue weighted by Crippen LogP contribution is -2.39. The molecule has 118 valence electrons. The maximum absolute atomic E-state index is 11.9. The predicted molar refractivity (Wildman–Crippen MR) is 80.9 cm³/mol. The minimum Gasteiger partial charge on any atom is -0.390 e. The number of carbonyl (C=O) groups excluding carboxylic acids is 1. The Morgan fingerprint density at radius 2 is 2.18 bits per heavy atom. The van der Waals surface area contributed by atoms with Gasteiger partial charge in [-0.05, 0) is 11.6 Å². The highest BCUT2D eigenvalue weighted by molar-refractivity contribution is 5.77. The largest absolute Gasteiger partial charge is 0.390 e. The number of benzene rings is 1. The molecule has 0 radical (unpaired) electrons. The van der Waals surface area contributed by atoms with E-state index in [-0.39, 0.29) is 12.5 Å². The van der Waals surface area contributed by atoms with Crippen molar-refractivity contribution in [2.45, 2.75) is 12.6 Å². The van der Waals surface area contributed by atoms with Crippen LogP contribution < -0.4 is 0 Å². The summed E-state index contributed by atoms with van der Waals surface area (Å²) >= 11 is 0. The smallest absolute Gasteiger partial charge is 0.248 e. The van der Waals surface area contributed by atoms with Gasteiger partial charge in [0.05, 0.1) is 17.7 Å². The first-order valence-electron chi connectivity index (χ1n) is 7.29. The summed E-state index contributed by atoms with van der Waals surface area (Å²) in [5, 5.41) is 19.3. The average molecular weight is 303 g/mol. The maximum Gasteiger partial charge on any atom is 0.248 e. The van der Waals surface area contributed by atoms with E-state index in [1.54, 1.807) is 11.0 Å². The summed E-state index contributed by atoms with van der Waals surface area (Å²) in [6.45, 7) is 2.63. The third-order valence-electron chi connectivity index (χ3n) is 3.74. The maximum atomic E-state index is 11.9. The van der Waals surface area contributed by atoms with E-state index in [2.05, 4.69) is 11.0 Å². The summed E-state index contributed by atoms with van der Waals surface area (Å²) in [5.74, 6) is -0.110. The van der Waals surface area contributed by atoms with E-state index in [9.17, 15) is 9.90 Å². The monoisotopic (exact) mass is 303 g/mol. The molecule has 1 N–H and O–H groups in total. The fourth-order valence-electron chi connectivity index (χ4n) is 2.65. The van der Waals surface area contributed by atoms with Gasteiger partial charge in [0, 0.05) is 39.8 Å². The average Bonchev–Trinajstić information content (AvgIpc) is 2.69. The van der Waals surface area contributed by atoms with Crippen molar-refractivity contribution < 1.29 is 14.6 Å². The Balaban J connectivity index is 2.02. The third kappa shape index (κ3) is 4.28. The van der Waals surface area contributed by atoms with Crippen LogP contribution in [0.1, 0.15) is 11.1 Å². The van der Waals surface area contributed by atoms with Crippen LogP contribution >= 0.6 is 0 Å². The number of rotatable bonds is 4. The summed E-state index contributed by atoms with van der Waals surface area (Å²) in [6, 6.07) is 9.63. The van der Waals surface area contributed by atoms with Crippen molar-refractivity contribution >= 4 is 5.91 Å². The Labute approximate surface area is 130 Å². The standard InChI is InChI=1S/C16H21N3O3/c1-22-12-16(21)19-7-6-18(10-15(20)11-19)9-14-5-3-2-4-13(14)8-17/h2-5,15,20H,6-7,9-12H2,1H3/t15-/m1/s1. The molecule has 6 heteroatoms. The van der Waals surface area contributed by atoms with E-state index in [4.69, 9.17) is 10.00 Å². The van der Waals surface area contributed by atoms with Gasteiger partial charge in [0.1, 0.15) is 6.61 Å². The summed E-state index contributed by atoms with van der Waals surface area (Å²) < 4.78 is 4.86. The van der Waals surface area contributed by atoms with E-state index in [0.29, 0.717) is 38.3 Å². The zero-order valence-corrected chi connectivity index (χ0v) is 12.7. The predicted octanol–water partition coefficient (Wildman–Crippen LogP) is 0.210. The Bertz CT molecular complexity index is 556. The summed E-state index contributed by atoms with van der Waals surface area (Å²) in [5.41, 5.74) is 1.59. The van der Waals surface area contributed by atoms with Gasteiger partial charge < -0.3 is 14.7 Å². The molecule has 1 saturated heterocycles. The molecule has 1 amide bonds. The zero-order valence-electron chi connectivity index (χ0n) is 12.7. The Kier molecular flexibility index (Phi) is 5.90. The molecule has 0 bridgehead atoms. The molecule has 2 rings (SSSR count). The third-order valence-corrected chi connectivity index (χ3v) is 3.74. The van der Waals surface area contributed by atoms with Crippen molar-refractivity contribution in [2.75, 3.05) is 39.9 Å². The van der Waals surface area contributed by atoms with Gasteiger partial charge in [0.25, 0.3) is 0 Å². The first kappa shape index (κ1) is 16.4. The lowest BCUT2D eigenvalue weighted by atomic mass is 10.1. The number of hydrogen-bond acceptors (Lipinski definition) is 5. The van der Waals surface area contributed by atoms with Gasteiger partial charge in [-0.3, -0.25) is 9.69 Å². The van der Waals surface area contributed by atoms with Gasteiger partial charge >= 0.3 is 0 Å². The molecule has 1 aliphatic heterocycles. The quantitative estimate of drug-likeness (QED) is 0.860. The molecule has 0 saturated carbocycles. The molecule has 6 nitrogen and oxygen atoms in total. The number of nitriles is 1. The van der Waals surface area contributed by atoms with E-state index in [1.165, 1.54) is 7.11 Å². The fraction of sp³-hybridized carbons (Fsp3) is 0.500. The second-order valence-electron chi connectivity index (χ2n) is 5.43. The number of β-amino-alcohol motifs (C(OH)–C–C–N with tert-alkyl or cyclic N) is 1. The van der Waals surface area contributed by atoms with Crippen LogP contribution in [0.3, 0.4) is 0 Å². The summed E-state index contributed by atoms with van der Waals surface area (Å²) in [7, 11) is 1.48. The number of methoxy groups -OCH3 is 1. The lowest BCUT2D eigenvalue weighted by molar-refractivity contribution is -0.136. The molecule has 1 aromatic rings. The second kappa shape index (κ2) is 7.90. The highest BCUT2D eigenvalue weighted by atomic mass is 16.5. The van der Waals surface area contributed by atoms with Crippen molar-refractivity contribution in [3.63, 3.8) is 0 Å². The number of amides is 1. The number of carbonyl (C=O) groups is 1. The normalized spacial score (nSPS) is 19.5. The van der Waals surface area contributed by atoms with Crippen molar-refractivity contribution in [3.05, 3.63) is 35.4 Å².